The number of phenols is 1. The maximum Gasteiger partial charge on any atom is 0.160 e. The van der Waals surface area contributed by atoms with Gasteiger partial charge in [-0.1, -0.05) is 28.9 Å². The highest BCUT2D eigenvalue weighted by atomic mass is 32.1. The minimum absolute atomic E-state index is 0.226. The molecule has 7 heteroatoms. The van der Waals surface area contributed by atoms with Gasteiger partial charge in [-0.05, 0) is 94.0 Å². The number of allylic oxidation sites excluding steroid dienone is 1. The second-order valence-corrected chi connectivity index (χ2v) is 11.7. The van der Waals surface area contributed by atoms with E-state index in [0.717, 1.165) is 53.2 Å². The first-order valence-electron chi connectivity index (χ1n) is 13.4. The Bertz CT molecular complexity index is 1690. The molecule has 0 atom stereocenters. The fourth-order valence-corrected chi connectivity index (χ4v) is 6.86. The summed E-state index contributed by atoms with van der Waals surface area (Å²) in [5.41, 5.74) is 8.38. The molecule has 0 bridgehead atoms. The van der Waals surface area contributed by atoms with Crippen LogP contribution in [0.25, 0.3) is 38.8 Å². The average molecular weight is 537 g/mol. The lowest BCUT2D eigenvalue weighted by molar-refractivity contribution is 0.415. The van der Waals surface area contributed by atoms with Crippen molar-refractivity contribution < 1.29 is 9.63 Å². The number of phenolic OH excluding ortho intramolecular Hbond substituents is 1. The van der Waals surface area contributed by atoms with Gasteiger partial charge < -0.3 is 14.5 Å². The van der Waals surface area contributed by atoms with E-state index in [1.54, 1.807) is 17.4 Å². The molecule has 4 heterocycles. The normalized spacial score (nSPS) is 14.2. The molecule has 0 aliphatic carbocycles. The van der Waals surface area contributed by atoms with Crippen LogP contribution >= 0.6 is 11.3 Å². The summed E-state index contributed by atoms with van der Waals surface area (Å²) in [6.07, 6.45) is 4.20. The topological polar surface area (TPSA) is 75.3 Å². The second kappa shape index (κ2) is 10.3. The first-order valence-corrected chi connectivity index (χ1v) is 14.2. The fraction of sp³-hybridized carbons (Fsp3) is 0.281. The van der Waals surface area contributed by atoms with Crippen molar-refractivity contribution in [1.82, 2.24) is 15.4 Å². The third-order valence-corrected chi connectivity index (χ3v) is 8.93. The highest BCUT2D eigenvalue weighted by Gasteiger charge is 2.26. The Balaban J connectivity index is 1.18. The number of thiophene rings is 1. The number of fused-ring (bicyclic) bond motifs is 1. The van der Waals surface area contributed by atoms with E-state index in [0.29, 0.717) is 17.2 Å². The van der Waals surface area contributed by atoms with E-state index in [1.165, 1.54) is 27.3 Å². The predicted molar refractivity (Wildman–Crippen MR) is 159 cm³/mol. The molecule has 2 aromatic carbocycles. The molecule has 0 spiro atoms. The fourth-order valence-electron chi connectivity index (χ4n) is 5.58. The van der Waals surface area contributed by atoms with Crippen LogP contribution in [0.5, 0.6) is 5.75 Å². The van der Waals surface area contributed by atoms with Crippen LogP contribution in [0.15, 0.2) is 64.7 Å². The first-order chi connectivity index (χ1) is 18.9. The van der Waals surface area contributed by atoms with Gasteiger partial charge in [0, 0.05) is 46.2 Å². The molecule has 6 nitrogen and oxygen atoms in total. The number of hydrogen-bond acceptors (Lipinski definition) is 7. The highest BCUT2D eigenvalue weighted by Crippen LogP contribution is 2.41. The molecule has 198 valence electrons. The van der Waals surface area contributed by atoms with Gasteiger partial charge in [-0.2, -0.15) is 0 Å². The van der Waals surface area contributed by atoms with Crippen molar-refractivity contribution in [3.05, 3.63) is 81.9 Å². The number of nitrogens with zero attached hydrogens (tertiary/aromatic N) is 4. The second-order valence-electron chi connectivity index (χ2n) is 10.7. The minimum Gasteiger partial charge on any atom is -0.507 e. The summed E-state index contributed by atoms with van der Waals surface area (Å²) in [5.74, 6) is 1.52. The summed E-state index contributed by atoms with van der Waals surface area (Å²) in [6.45, 7) is 10.5. The van der Waals surface area contributed by atoms with Crippen molar-refractivity contribution in [3.8, 4) is 28.3 Å². The number of para-hydroxylation sites is 1. The Kier molecular flexibility index (Phi) is 6.69. The van der Waals surface area contributed by atoms with Crippen molar-refractivity contribution >= 4 is 33.3 Å². The van der Waals surface area contributed by atoms with Gasteiger partial charge in [-0.3, -0.25) is 0 Å². The smallest absolute Gasteiger partial charge is 0.160 e. The number of benzene rings is 2. The number of anilines is 1. The van der Waals surface area contributed by atoms with Gasteiger partial charge in [-0.25, -0.2) is 0 Å². The monoisotopic (exact) mass is 536 g/mol. The molecule has 1 fully saturated rings. The third kappa shape index (κ3) is 4.94. The summed E-state index contributed by atoms with van der Waals surface area (Å²) in [5, 5.41) is 24.6. The van der Waals surface area contributed by atoms with E-state index in [9.17, 15) is 5.11 Å². The molecular weight excluding hydrogens is 504 g/mol. The third-order valence-electron chi connectivity index (χ3n) is 7.58. The van der Waals surface area contributed by atoms with Gasteiger partial charge in [0.25, 0.3) is 0 Å². The van der Waals surface area contributed by atoms with Crippen LogP contribution in [0.4, 0.5) is 5.69 Å². The van der Waals surface area contributed by atoms with Crippen molar-refractivity contribution in [1.29, 1.82) is 0 Å². The molecule has 0 unspecified atom stereocenters. The number of hydrogen-bond donors (Lipinski definition) is 1. The Hall–Kier alpha value is -3.97. The molecule has 5 aromatic rings. The molecule has 6 rings (SSSR count). The molecule has 0 saturated carbocycles. The van der Waals surface area contributed by atoms with Gasteiger partial charge in [-0.15, -0.1) is 21.5 Å². The zero-order valence-electron chi connectivity index (χ0n) is 22.7. The Morgan fingerprint density at radius 1 is 1.00 bits per heavy atom. The van der Waals surface area contributed by atoms with Crippen LogP contribution in [-0.2, 0) is 0 Å². The van der Waals surface area contributed by atoms with Crippen LogP contribution < -0.4 is 4.90 Å². The van der Waals surface area contributed by atoms with Crippen molar-refractivity contribution in [2.75, 3.05) is 18.0 Å². The van der Waals surface area contributed by atoms with E-state index in [4.69, 9.17) is 4.52 Å². The van der Waals surface area contributed by atoms with Crippen LogP contribution in [0, 0.1) is 13.8 Å². The van der Waals surface area contributed by atoms with Crippen molar-refractivity contribution in [3.63, 3.8) is 0 Å². The summed E-state index contributed by atoms with van der Waals surface area (Å²) < 4.78 is 5.48. The number of rotatable bonds is 5. The largest absolute Gasteiger partial charge is 0.507 e. The summed E-state index contributed by atoms with van der Waals surface area (Å²) >= 11 is 1.77. The SMILES string of the molecule is CC(C)=Cc1cc(-c2ccc(N3CCC(c4sc5nnc(-c6ccccc6O)cc5c4C)CC3)c(C)c2)no1. The highest BCUT2D eigenvalue weighted by molar-refractivity contribution is 7.18. The molecular formula is C32H32N4O2S. The predicted octanol–water partition coefficient (Wildman–Crippen LogP) is 8.14. The van der Waals surface area contributed by atoms with E-state index in [1.807, 2.05) is 30.3 Å². The molecule has 0 amide bonds. The van der Waals surface area contributed by atoms with Gasteiger partial charge in [0.2, 0.25) is 0 Å². The number of aryl methyl sites for hydroxylation is 2. The summed E-state index contributed by atoms with van der Waals surface area (Å²) in [7, 11) is 0. The van der Waals surface area contributed by atoms with E-state index in [-0.39, 0.29) is 5.75 Å². The quantitative estimate of drug-likeness (QED) is 0.244. The average Bonchev–Trinajstić information content (AvgIpc) is 3.53. The maximum atomic E-state index is 10.3. The molecule has 39 heavy (non-hydrogen) atoms. The lowest BCUT2D eigenvalue weighted by Crippen LogP contribution is -2.33. The van der Waals surface area contributed by atoms with Crippen LogP contribution in [-0.4, -0.2) is 33.6 Å². The molecule has 1 saturated heterocycles. The molecule has 1 aliphatic heterocycles. The standard InChI is InChI=1S/C32H32N4O2S/c1-19(2)15-24-17-27(35-38-24)23-9-10-29(20(3)16-23)36-13-11-22(12-14-36)31-21(4)26-18-28(33-34-32(26)39-31)25-7-5-6-8-30(25)37/h5-10,15-18,22,37H,11-14H2,1-4H3. The first kappa shape index (κ1) is 25.3. The van der Waals surface area contributed by atoms with Crippen LogP contribution in [0.2, 0.25) is 0 Å². The lowest BCUT2D eigenvalue weighted by atomic mass is 9.92. The minimum atomic E-state index is 0.226. The number of piperidine rings is 1. The zero-order valence-corrected chi connectivity index (χ0v) is 23.5. The molecule has 1 aliphatic rings. The Morgan fingerprint density at radius 3 is 2.54 bits per heavy atom. The van der Waals surface area contributed by atoms with Gasteiger partial charge in [0.15, 0.2) is 5.76 Å². The van der Waals surface area contributed by atoms with E-state index in [2.05, 4.69) is 72.2 Å². The van der Waals surface area contributed by atoms with E-state index < -0.39 is 0 Å². The Morgan fingerprint density at radius 2 is 1.79 bits per heavy atom. The van der Waals surface area contributed by atoms with Gasteiger partial charge in [0.1, 0.15) is 16.3 Å². The molecule has 0 radical (unpaired) electrons. The molecule has 3 aromatic heterocycles. The van der Waals surface area contributed by atoms with Gasteiger partial charge in [0.05, 0.1) is 5.69 Å². The maximum absolute atomic E-state index is 10.3. The van der Waals surface area contributed by atoms with Crippen LogP contribution in [0.3, 0.4) is 0 Å². The van der Waals surface area contributed by atoms with E-state index >= 15 is 0 Å². The van der Waals surface area contributed by atoms with Crippen molar-refractivity contribution in [2.24, 2.45) is 0 Å². The summed E-state index contributed by atoms with van der Waals surface area (Å²) in [6, 6.07) is 17.9. The number of aromatic nitrogens is 3. The Labute approximate surface area is 232 Å². The zero-order chi connectivity index (χ0) is 27.1. The summed E-state index contributed by atoms with van der Waals surface area (Å²) in [4.78, 5) is 4.89. The molecule has 1 N–H and O–H groups in total. The lowest BCUT2D eigenvalue weighted by Gasteiger charge is -2.34. The van der Waals surface area contributed by atoms with Crippen molar-refractivity contribution in [2.45, 2.75) is 46.5 Å². The van der Waals surface area contributed by atoms with Gasteiger partial charge >= 0.3 is 0 Å². The number of aromatic hydroxyl groups is 1. The van der Waals surface area contributed by atoms with Crippen LogP contribution in [0.1, 0.15) is 54.4 Å².